The average molecular weight is 425 g/mol. The average Bonchev–Trinajstić information content (AvgIpc) is 2.67. The van der Waals surface area contributed by atoms with Gasteiger partial charge in [0.1, 0.15) is 5.75 Å². The zero-order valence-electron chi connectivity index (χ0n) is 16.7. The van der Waals surface area contributed by atoms with Crippen molar-refractivity contribution in [1.82, 2.24) is 4.31 Å². The summed E-state index contributed by atoms with van der Waals surface area (Å²) in [5, 5.41) is 0.193. The molecule has 0 N–H and O–H groups in total. The first-order valence-corrected chi connectivity index (χ1v) is 10.6. The number of rotatable bonds is 7. The standard InChI is InChI=1S/C20H25ClN2O4S/c1-6-23(28(25,26)17-9-10-19(27-5)18(21)12-17)13-20(24)22(4)16-8-7-14(2)15(3)11-16/h7-12H,6,13H2,1-5H3. The lowest BCUT2D eigenvalue weighted by Crippen LogP contribution is -2.41. The lowest BCUT2D eigenvalue weighted by atomic mass is 10.1. The van der Waals surface area contributed by atoms with Gasteiger partial charge in [0.25, 0.3) is 0 Å². The summed E-state index contributed by atoms with van der Waals surface area (Å²) in [5.41, 5.74) is 2.90. The third-order valence-corrected chi connectivity index (χ3v) is 6.89. The molecule has 2 aromatic rings. The van der Waals surface area contributed by atoms with Crippen molar-refractivity contribution in [2.75, 3.05) is 32.1 Å². The van der Waals surface area contributed by atoms with Gasteiger partial charge in [-0.15, -0.1) is 0 Å². The molecule has 0 atom stereocenters. The van der Waals surface area contributed by atoms with Crippen molar-refractivity contribution in [1.29, 1.82) is 0 Å². The van der Waals surface area contributed by atoms with Gasteiger partial charge < -0.3 is 9.64 Å². The van der Waals surface area contributed by atoms with Crippen LogP contribution in [0.2, 0.25) is 5.02 Å². The van der Waals surface area contributed by atoms with Crippen LogP contribution in [0.5, 0.6) is 5.75 Å². The fraction of sp³-hybridized carbons (Fsp3) is 0.350. The van der Waals surface area contributed by atoms with Crippen molar-refractivity contribution >= 4 is 33.2 Å². The second-order valence-corrected chi connectivity index (χ2v) is 8.79. The molecular weight excluding hydrogens is 400 g/mol. The van der Waals surface area contributed by atoms with E-state index in [2.05, 4.69) is 0 Å². The maximum Gasteiger partial charge on any atom is 0.243 e. The van der Waals surface area contributed by atoms with E-state index in [4.69, 9.17) is 16.3 Å². The van der Waals surface area contributed by atoms with Gasteiger partial charge in [0.15, 0.2) is 0 Å². The van der Waals surface area contributed by atoms with Gasteiger partial charge in [-0.05, 0) is 55.3 Å². The molecule has 0 aliphatic carbocycles. The highest BCUT2D eigenvalue weighted by Gasteiger charge is 2.27. The summed E-state index contributed by atoms with van der Waals surface area (Å²) in [6.07, 6.45) is 0. The maximum atomic E-state index is 13.0. The largest absolute Gasteiger partial charge is 0.495 e. The Hall–Kier alpha value is -2.09. The molecule has 0 aliphatic rings. The number of halogens is 1. The van der Waals surface area contributed by atoms with Crippen LogP contribution in [-0.2, 0) is 14.8 Å². The fourth-order valence-electron chi connectivity index (χ4n) is 2.66. The molecule has 152 valence electrons. The molecular formula is C20H25ClN2O4S. The predicted molar refractivity (Wildman–Crippen MR) is 112 cm³/mol. The quantitative estimate of drug-likeness (QED) is 0.680. The topological polar surface area (TPSA) is 66.9 Å². The summed E-state index contributed by atoms with van der Waals surface area (Å²) in [6, 6.07) is 9.92. The summed E-state index contributed by atoms with van der Waals surface area (Å²) in [4.78, 5) is 14.2. The number of ether oxygens (including phenoxy) is 1. The number of sulfonamides is 1. The number of anilines is 1. The van der Waals surface area contributed by atoms with Gasteiger partial charge in [0.05, 0.1) is 23.6 Å². The second kappa shape index (κ2) is 8.94. The van der Waals surface area contributed by atoms with Gasteiger partial charge in [-0.25, -0.2) is 8.42 Å². The first-order chi connectivity index (χ1) is 13.1. The lowest BCUT2D eigenvalue weighted by Gasteiger charge is -2.24. The molecule has 0 aromatic heterocycles. The van der Waals surface area contributed by atoms with Crippen molar-refractivity contribution < 1.29 is 17.9 Å². The van der Waals surface area contributed by atoms with Crippen LogP contribution in [0.1, 0.15) is 18.1 Å². The predicted octanol–water partition coefficient (Wildman–Crippen LogP) is 3.64. The van der Waals surface area contributed by atoms with Crippen molar-refractivity contribution in [3.05, 3.63) is 52.5 Å². The monoisotopic (exact) mass is 424 g/mol. The van der Waals surface area contributed by atoms with Gasteiger partial charge in [-0.2, -0.15) is 4.31 Å². The minimum atomic E-state index is -3.88. The Labute approximate surface area is 171 Å². The first kappa shape index (κ1) is 22.2. The third-order valence-electron chi connectivity index (χ3n) is 4.68. The SMILES string of the molecule is CCN(CC(=O)N(C)c1ccc(C)c(C)c1)S(=O)(=O)c1ccc(OC)c(Cl)c1. The van der Waals surface area contributed by atoms with E-state index in [1.165, 1.54) is 30.2 Å². The number of nitrogens with zero attached hydrogens (tertiary/aromatic N) is 2. The summed E-state index contributed by atoms with van der Waals surface area (Å²) < 4.78 is 32.1. The normalized spacial score (nSPS) is 11.5. The van der Waals surface area contributed by atoms with Crippen molar-refractivity contribution in [3.8, 4) is 5.75 Å². The number of likely N-dealkylation sites (N-methyl/N-ethyl adjacent to an activating group) is 2. The van der Waals surface area contributed by atoms with Crippen LogP contribution in [-0.4, -0.2) is 45.9 Å². The maximum absolute atomic E-state index is 13.0. The Bertz CT molecular complexity index is 976. The third kappa shape index (κ3) is 4.66. The number of benzene rings is 2. The van der Waals surface area contributed by atoms with Crippen molar-refractivity contribution in [2.45, 2.75) is 25.7 Å². The summed E-state index contributed by atoms with van der Waals surface area (Å²) in [5.74, 6) is 0.0579. The zero-order valence-corrected chi connectivity index (χ0v) is 18.3. The summed E-state index contributed by atoms with van der Waals surface area (Å²) in [7, 11) is -0.789. The van der Waals surface area contributed by atoms with Crippen LogP contribution >= 0.6 is 11.6 Å². The number of hydrogen-bond donors (Lipinski definition) is 0. The highest BCUT2D eigenvalue weighted by atomic mass is 35.5. The number of carbonyl (C=O) groups is 1. The van der Waals surface area contributed by atoms with Crippen LogP contribution in [0.4, 0.5) is 5.69 Å². The molecule has 2 aromatic carbocycles. The number of aryl methyl sites for hydroxylation is 2. The smallest absolute Gasteiger partial charge is 0.243 e. The number of hydrogen-bond acceptors (Lipinski definition) is 4. The Morgan fingerprint density at radius 3 is 2.32 bits per heavy atom. The van der Waals surface area contributed by atoms with Gasteiger partial charge in [-0.1, -0.05) is 24.6 Å². The van der Waals surface area contributed by atoms with E-state index in [1.807, 2.05) is 32.0 Å². The number of methoxy groups -OCH3 is 1. The van der Waals surface area contributed by atoms with E-state index < -0.39 is 10.0 Å². The van der Waals surface area contributed by atoms with Crippen molar-refractivity contribution in [2.24, 2.45) is 0 Å². The minimum absolute atomic E-state index is 0.0155. The van der Waals surface area contributed by atoms with Crippen LogP contribution in [0.15, 0.2) is 41.3 Å². The van der Waals surface area contributed by atoms with E-state index in [9.17, 15) is 13.2 Å². The zero-order chi connectivity index (χ0) is 21.1. The summed E-state index contributed by atoms with van der Waals surface area (Å²) >= 11 is 6.06. The molecule has 1 amide bonds. The molecule has 0 bridgehead atoms. The molecule has 0 radical (unpaired) electrons. The Balaban J connectivity index is 2.25. The molecule has 6 nitrogen and oxygen atoms in total. The highest BCUT2D eigenvalue weighted by molar-refractivity contribution is 7.89. The van der Waals surface area contributed by atoms with E-state index in [-0.39, 0.29) is 28.9 Å². The highest BCUT2D eigenvalue weighted by Crippen LogP contribution is 2.28. The van der Waals surface area contributed by atoms with E-state index in [0.717, 1.165) is 15.4 Å². The molecule has 0 fully saturated rings. The molecule has 0 spiro atoms. The Morgan fingerprint density at radius 1 is 1.11 bits per heavy atom. The Kier molecular flexibility index (Phi) is 7.09. The molecule has 0 aliphatic heterocycles. The van der Waals surface area contributed by atoms with Crippen LogP contribution < -0.4 is 9.64 Å². The van der Waals surface area contributed by atoms with Gasteiger partial charge in [0.2, 0.25) is 15.9 Å². The summed E-state index contributed by atoms with van der Waals surface area (Å²) in [6.45, 7) is 5.52. The van der Waals surface area contributed by atoms with E-state index >= 15 is 0 Å². The molecule has 0 saturated heterocycles. The molecule has 0 saturated carbocycles. The van der Waals surface area contributed by atoms with E-state index in [1.54, 1.807) is 14.0 Å². The van der Waals surface area contributed by atoms with Gasteiger partial charge in [0, 0.05) is 19.3 Å². The van der Waals surface area contributed by atoms with E-state index in [0.29, 0.717) is 11.4 Å². The number of carbonyl (C=O) groups excluding carboxylic acids is 1. The molecule has 28 heavy (non-hydrogen) atoms. The fourth-order valence-corrected chi connectivity index (χ4v) is 4.41. The lowest BCUT2D eigenvalue weighted by molar-refractivity contribution is -0.118. The minimum Gasteiger partial charge on any atom is -0.495 e. The van der Waals surface area contributed by atoms with Crippen LogP contribution in [0, 0.1) is 13.8 Å². The van der Waals surface area contributed by atoms with Gasteiger partial charge in [-0.3, -0.25) is 4.79 Å². The molecule has 0 unspecified atom stereocenters. The van der Waals surface area contributed by atoms with Gasteiger partial charge >= 0.3 is 0 Å². The van der Waals surface area contributed by atoms with Crippen LogP contribution in [0.3, 0.4) is 0 Å². The molecule has 8 heteroatoms. The van der Waals surface area contributed by atoms with Crippen molar-refractivity contribution in [3.63, 3.8) is 0 Å². The Morgan fingerprint density at radius 2 is 1.79 bits per heavy atom. The first-order valence-electron chi connectivity index (χ1n) is 8.79. The molecule has 2 rings (SSSR count). The second-order valence-electron chi connectivity index (χ2n) is 6.45. The molecule has 0 heterocycles. The number of amides is 1. The van der Waals surface area contributed by atoms with Crippen LogP contribution in [0.25, 0.3) is 0 Å².